The Hall–Kier alpha value is -1.75. The van der Waals surface area contributed by atoms with Gasteiger partial charge in [-0.1, -0.05) is 0 Å². The van der Waals surface area contributed by atoms with Crippen molar-refractivity contribution in [1.82, 2.24) is 10.9 Å². The van der Waals surface area contributed by atoms with Crippen LogP contribution >= 0.6 is 0 Å². The lowest BCUT2D eigenvalue weighted by atomic mass is 10.1. The molecular weight excluding hydrogens is 244 g/mol. The van der Waals surface area contributed by atoms with Gasteiger partial charge in [-0.25, -0.2) is 5.43 Å². The molecule has 0 unspecified atom stereocenters. The third-order valence-electron chi connectivity index (χ3n) is 2.75. The van der Waals surface area contributed by atoms with E-state index in [2.05, 4.69) is 10.9 Å². The van der Waals surface area contributed by atoms with Crippen molar-refractivity contribution in [3.05, 3.63) is 23.3 Å². The van der Waals surface area contributed by atoms with Gasteiger partial charge in [0.25, 0.3) is 5.91 Å². The van der Waals surface area contributed by atoms with E-state index in [1.807, 2.05) is 27.7 Å². The summed E-state index contributed by atoms with van der Waals surface area (Å²) in [6, 6.07) is 3.52. The first-order valence-corrected chi connectivity index (χ1v) is 6.35. The summed E-state index contributed by atoms with van der Waals surface area (Å²) in [4.78, 5) is 12.1. The van der Waals surface area contributed by atoms with Gasteiger partial charge in [0.1, 0.15) is 13.2 Å². The van der Waals surface area contributed by atoms with Crippen LogP contribution in [0.2, 0.25) is 0 Å². The highest BCUT2D eigenvalue weighted by Gasteiger charge is 2.20. The van der Waals surface area contributed by atoms with E-state index in [4.69, 9.17) is 9.47 Å². The van der Waals surface area contributed by atoms with Crippen LogP contribution in [0.5, 0.6) is 11.5 Å². The molecule has 19 heavy (non-hydrogen) atoms. The molecule has 0 spiro atoms. The Morgan fingerprint density at radius 1 is 1.21 bits per heavy atom. The van der Waals surface area contributed by atoms with E-state index in [0.717, 1.165) is 5.56 Å². The number of carbonyl (C=O) groups is 1. The number of carbonyl (C=O) groups excluding carboxylic acids is 1. The van der Waals surface area contributed by atoms with Crippen molar-refractivity contribution in [3.63, 3.8) is 0 Å². The molecule has 0 radical (unpaired) electrons. The Balaban J connectivity index is 2.19. The molecule has 1 aliphatic rings. The molecular formula is C14H20N2O3. The van der Waals surface area contributed by atoms with E-state index in [-0.39, 0.29) is 11.4 Å². The molecule has 0 aromatic heterocycles. The summed E-state index contributed by atoms with van der Waals surface area (Å²) in [5, 5.41) is 0. The first-order valence-electron chi connectivity index (χ1n) is 6.35. The van der Waals surface area contributed by atoms with Crippen molar-refractivity contribution in [2.45, 2.75) is 33.2 Å². The van der Waals surface area contributed by atoms with Crippen molar-refractivity contribution < 1.29 is 14.3 Å². The van der Waals surface area contributed by atoms with Crippen molar-refractivity contribution in [3.8, 4) is 11.5 Å². The molecule has 0 bridgehead atoms. The number of hydrazine groups is 1. The van der Waals surface area contributed by atoms with Crippen LogP contribution in [0.1, 0.15) is 36.7 Å². The van der Waals surface area contributed by atoms with E-state index in [1.54, 1.807) is 12.1 Å². The van der Waals surface area contributed by atoms with Crippen LogP contribution in [-0.4, -0.2) is 24.7 Å². The van der Waals surface area contributed by atoms with Crippen LogP contribution in [-0.2, 0) is 0 Å². The second-order valence-electron chi connectivity index (χ2n) is 5.59. The number of nitrogens with one attached hydrogen (secondary N) is 2. The molecule has 5 heteroatoms. The van der Waals surface area contributed by atoms with Crippen LogP contribution in [0.4, 0.5) is 0 Å². The standard InChI is InChI=1S/C14H20N2O3/c1-9-10(13(17)15-16-14(2,3)4)5-6-11-12(9)19-8-7-18-11/h5-6,16H,7-8H2,1-4H3,(H,15,17). The summed E-state index contributed by atoms with van der Waals surface area (Å²) in [5.74, 6) is 1.18. The summed E-state index contributed by atoms with van der Waals surface area (Å²) < 4.78 is 11.0. The minimum absolute atomic E-state index is 0.176. The van der Waals surface area contributed by atoms with Crippen molar-refractivity contribution in [2.75, 3.05) is 13.2 Å². The maximum absolute atomic E-state index is 12.1. The molecule has 0 atom stereocenters. The zero-order valence-corrected chi connectivity index (χ0v) is 11.8. The average molecular weight is 264 g/mol. The molecule has 2 rings (SSSR count). The predicted octanol–water partition coefficient (Wildman–Crippen LogP) is 1.80. The Labute approximate surface area is 113 Å². The van der Waals surface area contributed by atoms with Gasteiger partial charge < -0.3 is 9.47 Å². The topological polar surface area (TPSA) is 59.6 Å². The van der Waals surface area contributed by atoms with E-state index < -0.39 is 0 Å². The van der Waals surface area contributed by atoms with Crippen LogP contribution < -0.4 is 20.3 Å². The number of hydrogen-bond acceptors (Lipinski definition) is 4. The normalized spacial score (nSPS) is 14.1. The second-order valence-corrected chi connectivity index (χ2v) is 5.59. The molecule has 1 amide bonds. The lowest BCUT2D eigenvalue weighted by Gasteiger charge is -2.23. The molecule has 0 aliphatic carbocycles. The molecule has 0 saturated heterocycles. The number of amides is 1. The third kappa shape index (κ3) is 3.17. The quantitative estimate of drug-likeness (QED) is 0.800. The van der Waals surface area contributed by atoms with Gasteiger partial charge in [0.2, 0.25) is 0 Å². The minimum atomic E-state index is -0.183. The molecule has 0 fully saturated rings. The monoisotopic (exact) mass is 264 g/mol. The van der Waals surface area contributed by atoms with Crippen LogP contribution in [0, 0.1) is 6.92 Å². The number of ether oxygens (including phenoxy) is 2. The van der Waals surface area contributed by atoms with Gasteiger partial charge in [-0.05, 0) is 39.8 Å². The first kappa shape index (κ1) is 13.7. The highest BCUT2D eigenvalue weighted by molar-refractivity contribution is 5.96. The lowest BCUT2D eigenvalue weighted by Crippen LogP contribution is -2.48. The molecule has 0 saturated carbocycles. The molecule has 1 aromatic rings. The van der Waals surface area contributed by atoms with Gasteiger partial charge in [0.15, 0.2) is 11.5 Å². The van der Waals surface area contributed by atoms with Gasteiger partial charge in [-0.3, -0.25) is 10.2 Å². The molecule has 104 valence electrons. The molecule has 1 heterocycles. The second kappa shape index (κ2) is 5.09. The van der Waals surface area contributed by atoms with E-state index in [1.165, 1.54) is 0 Å². The van der Waals surface area contributed by atoms with E-state index in [9.17, 15) is 4.79 Å². The number of hydrogen-bond donors (Lipinski definition) is 2. The summed E-state index contributed by atoms with van der Waals surface area (Å²) in [6.45, 7) is 8.85. The van der Waals surface area contributed by atoms with Gasteiger partial charge >= 0.3 is 0 Å². The fourth-order valence-corrected chi connectivity index (χ4v) is 1.81. The Kier molecular flexibility index (Phi) is 3.66. The highest BCUT2D eigenvalue weighted by Crippen LogP contribution is 2.35. The largest absolute Gasteiger partial charge is 0.486 e. The lowest BCUT2D eigenvalue weighted by molar-refractivity contribution is 0.0912. The molecule has 5 nitrogen and oxygen atoms in total. The zero-order chi connectivity index (χ0) is 14.0. The Morgan fingerprint density at radius 3 is 2.58 bits per heavy atom. The number of benzene rings is 1. The smallest absolute Gasteiger partial charge is 0.265 e. The van der Waals surface area contributed by atoms with Crippen molar-refractivity contribution >= 4 is 5.91 Å². The summed E-state index contributed by atoms with van der Waals surface area (Å²) in [6.07, 6.45) is 0. The van der Waals surface area contributed by atoms with Crippen LogP contribution in [0.25, 0.3) is 0 Å². The summed E-state index contributed by atoms with van der Waals surface area (Å²) in [7, 11) is 0. The van der Waals surface area contributed by atoms with Gasteiger partial charge in [0.05, 0.1) is 0 Å². The maximum atomic E-state index is 12.1. The minimum Gasteiger partial charge on any atom is -0.486 e. The SMILES string of the molecule is Cc1c(C(=O)NNC(C)(C)C)ccc2c1OCCO2. The summed E-state index contributed by atoms with van der Waals surface area (Å²) in [5.41, 5.74) is 6.85. The van der Waals surface area contributed by atoms with E-state index >= 15 is 0 Å². The van der Waals surface area contributed by atoms with Gasteiger partial charge in [-0.15, -0.1) is 0 Å². The molecule has 1 aliphatic heterocycles. The van der Waals surface area contributed by atoms with E-state index in [0.29, 0.717) is 30.3 Å². The average Bonchev–Trinajstić information content (AvgIpc) is 2.36. The zero-order valence-electron chi connectivity index (χ0n) is 11.8. The van der Waals surface area contributed by atoms with Gasteiger partial charge in [-0.2, -0.15) is 0 Å². The summed E-state index contributed by atoms with van der Waals surface area (Å²) >= 11 is 0. The van der Waals surface area contributed by atoms with Crippen molar-refractivity contribution in [2.24, 2.45) is 0 Å². The van der Waals surface area contributed by atoms with Crippen molar-refractivity contribution in [1.29, 1.82) is 0 Å². The Morgan fingerprint density at radius 2 is 1.89 bits per heavy atom. The number of fused-ring (bicyclic) bond motifs is 1. The fourth-order valence-electron chi connectivity index (χ4n) is 1.81. The van der Waals surface area contributed by atoms with Crippen LogP contribution in [0.15, 0.2) is 12.1 Å². The van der Waals surface area contributed by atoms with Crippen LogP contribution in [0.3, 0.4) is 0 Å². The molecule has 2 N–H and O–H groups in total. The molecule has 1 aromatic carbocycles. The highest BCUT2D eigenvalue weighted by atomic mass is 16.6. The predicted molar refractivity (Wildman–Crippen MR) is 72.5 cm³/mol. The third-order valence-corrected chi connectivity index (χ3v) is 2.75. The Bertz CT molecular complexity index is 492. The first-order chi connectivity index (χ1) is 8.88. The number of rotatable bonds is 2. The maximum Gasteiger partial charge on any atom is 0.265 e. The van der Waals surface area contributed by atoms with Gasteiger partial charge in [0, 0.05) is 16.7 Å². The fraction of sp³-hybridized carbons (Fsp3) is 0.500.